The van der Waals surface area contributed by atoms with Crippen LogP contribution in [0.15, 0.2) is 15.6 Å². The number of ether oxygens (including phenoxy) is 1. The van der Waals surface area contributed by atoms with E-state index in [0.29, 0.717) is 6.54 Å². The van der Waals surface area contributed by atoms with Gasteiger partial charge in [-0.1, -0.05) is 18.5 Å². The van der Waals surface area contributed by atoms with E-state index in [0.717, 1.165) is 69.5 Å². The summed E-state index contributed by atoms with van der Waals surface area (Å²) in [6.45, 7) is 17.5. The average molecular weight is 565 g/mol. The van der Waals surface area contributed by atoms with Crippen LogP contribution in [0.5, 0.6) is 0 Å². The quantitative estimate of drug-likeness (QED) is 0.284. The molecule has 2 N–H and O–H groups in total. The van der Waals surface area contributed by atoms with Gasteiger partial charge in [-0.2, -0.15) is 0 Å². The smallest absolute Gasteiger partial charge is 0.407 e. The van der Waals surface area contributed by atoms with Crippen LogP contribution in [-0.4, -0.2) is 77.9 Å². The molecule has 0 spiro atoms. The molecule has 0 saturated carbocycles. The first-order chi connectivity index (χ1) is 14.7. The molecule has 1 aromatic rings. The second-order valence-corrected chi connectivity index (χ2v) is 9.02. The molecular formula is C22H41IN6O3. The normalized spacial score (nSPS) is 16.3. The molecule has 0 bridgehead atoms. The molecule has 10 heteroatoms. The van der Waals surface area contributed by atoms with Crippen molar-refractivity contribution in [3.63, 3.8) is 0 Å². The zero-order valence-corrected chi connectivity index (χ0v) is 22.8. The third-order valence-corrected chi connectivity index (χ3v) is 4.89. The van der Waals surface area contributed by atoms with Gasteiger partial charge in [0.2, 0.25) is 0 Å². The van der Waals surface area contributed by atoms with Crippen molar-refractivity contribution in [2.45, 2.75) is 72.6 Å². The van der Waals surface area contributed by atoms with E-state index < -0.39 is 5.60 Å². The summed E-state index contributed by atoms with van der Waals surface area (Å²) in [5.74, 6) is 1.74. The molecular weight excluding hydrogens is 523 g/mol. The number of carbonyl (C=O) groups excluding carboxylic acids is 1. The number of aromatic nitrogens is 1. The molecule has 1 fully saturated rings. The highest BCUT2D eigenvalue weighted by Crippen LogP contribution is 2.10. The highest BCUT2D eigenvalue weighted by molar-refractivity contribution is 14.0. The van der Waals surface area contributed by atoms with Gasteiger partial charge in [0.1, 0.15) is 11.4 Å². The lowest BCUT2D eigenvalue weighted by molar-refractivity contribution is 0.0503. The zero-order valence-electron chi connectivity index (χ0n) is 20.4. The van der Waals surface area contributed by atoms with E-state index in [4.69, 9.17) is 14.3 Å². The number of aryl methyl sites for hydroxylation is 1. The molecule has 0 aliphatic carbocycles. The van der Waals surface area contributed by atoms with Crippen molar-refractivity contribution in [2.75, 3.05) is 39.3 Å². The summed E-state index contributed by atoms with van der Waals surface area (Å²) >= 11 is 0. The number of hydrogen-bond donors (Lipinski definition) is 2. The second-order valence-electron chi connectivity index (χ2n) is 9.02. The lowest BCUT2D eigenvalue weighted by Gasteiger charge is -2.36. The topological polar surface area (TPSA) is 95.2 Å². The monoisotopic (exact) mass is 564 g/mol. The van der Waals surface area contributed by atoms with E-state index in [1.165, 1.54) is 0 Å². The summed E-state index contributed by atoms with van der Waals surface area (Å²) in [5, 5.41) is 10.5. The van der Waals surface area contributed by atoms with Gasteiger partial charge in [-0.25, -0.2) is 4.79 Å². The molecule has 1 atom stereocenters. The lowest BCUT2D eigenvalue weighted by Crippen LogP contribution is -2.52. The second kappa shape index (κ2) is 13.9. The zero-order chi connectivity index (χ0) is 22.9. The van der Waals surface area contributed by atoms with Gasteiger partial charge in [0.15, 0.2) is 5.96 Å². The molecule has 184 valence electrons. The van der Waals surface area contributed by atoms with Gasteiger partial charge in [-0.05, 0) is 41.0 Å². The fourth-order valence-corrected chi connectivity index (χ4v) is 3.49. The first kappa shape index (κ1) is 28.5. The van der Waals surface area contributed by atoms with Crippen LogP contribution in [0.25, 0.3) is 0 Å². The lowest BCUT2D eigenvalue weighted by atomic mass is 10.1. The third kappa shape index (κ3) is 10.4. The first-order valence-electron chi connectivity index (χ1n) is 11.4. The Morgan fingerprint density at radius 2 is 1.97 bits per heavy atom. The van der Waals surface area contributed by atoms with Crippen molar-refractivity contribution in [1.82, 2.24) is 25.6 Å². The van der Waals surface area contributed by atoms with Gasteiger partial charge < -0.3 is 24.8 Å². The number of nitrogens with one attached hydrogen (secondary N) is 2. The fourth-order valence-electron chi connectivity index (χ4n) is 3.49. The number of halogens is 1. The minimum atomic E-state index is -0.511. The molecule has 1 amide bonds. The largest absolute Gasteiger partial charge is 0.444 e. The average Bonchev–Trinajstić information content (AvgIpc) is 3.09. The Bertz CT molecular complexity index is 711. The summed E-state index contributed by atoms with van der Waals surface area (Å²) in [7, 11) is 0. The highest BCUT2D eigenvalue weighted by Gasteiger charge is 2.22. The molecule has 2 heterocycles. The number of aliphatic imine (C=N–C) groups is 1. The molecule has 32 heavy (non-hydrogen) atoms. The number of amides is 1. The standard InChI is InChI=1S/C22H40N6O3.HI/c1-7-9-18(25-21(29)30-22(4,5)6)15-24-20(23-8-2)28-12-10-27(11-13-28)16-19-14-17(3)31-26-19;/h14,18H,7-13,15-16H2,1-6H3,(H,23,24)(H,25,29);1H. The maximum atomic E-state index is 12.2. The molecule has 1 saturated heterocycles. The number of rotatable bonds is 8. The van der Waals surface area contributed by atoms with E-state index in [1.807, 2.05) is 33.8 Å². The maximum absolute atomic E-state index is 12.2. The molecule has 0 aromatic carbocycles. The molecule has 0 radical (unpaired) electrons. The Morgan fingerprint density at radius 1 is 1.28 bits per heavy atom. The van der Waals surface area contributed by atoms with Crippen molar-refractivity contribution >= 4 is 36.0 Å². The maximum Gasteiger partial charge on any atom is 0.407 e. The van der Waals surface area contributed by atoms with Crippen LogP contribution in [0.4, 0.5) is 4.79 Å². The molecule has 1 aliphatic heterocycles. The third-order valence-electron chi connectivity index (χ3n) is 4.89. The molecule has 1 aromatic heterocycles. The van der Waals surface area contributed by atoms with Crippen LogP contribution in [0, 0.1) is 6.92 Å². The molecule has 9 nitrogen and oxygen atoms in total. The summed E-state index contributed by atoms with van der Waals surface area (Å²) in [5.41, 5.74) is 0.464. The number of carbonyl (C=O) groups is 1. The van der Waals surface area contributed by atoms with Crippen molar-refractivity contribution < 1.29 is 14.1 Å². The van der Waals surface area contributed by atoms with Gasteiger partial charge >= 0.3 is 6.09 Å². The van der Waals surface area contributed by atoms with E-state index >= 15 is 0 Å². The fraction of sp³-hybridized carbons (Fsp3) is 0.773. The summed E-state index contributed by atoms with van der Waals surface area (Å²) in [6.07, 6.45) is 1.43. The summed E-state index contributed by atoms with van der Waals surface area (Å²) in [6, 6.07) is 1.94. The number of guanidine groups is 1. The number of hydrogen-bond acceptors (Lipinski definition) is 6. The van der Waals surface area contributed by atoms with E-state index in [1.54, 1.807) is 0 Å². The number of alkyl carbamates (subject to hydrolysis) is 1. The van der Waals surface area contributed by atoms with Crippen LogP contribution in [-0.2, 0) is 11.3 Å². The van der Waals surface area contributed by atoms with Crippen LogP contribution >= 0.6 is 24.0 Å². The first-order valence-corrected chi connectivity index (χ1v) is 11.4. The van der Waals surface area contributed by atoms with Crippen LogP contribution in [0.3, 0.4) is 0 Å². The van der Waals surface area contributed by atoms with E-state index in [-0.39, 0.29) is 36.1 Å². The van der Waals surface area contributed by atoms with E-state index in [9.17, 15) is 4.79 Å². The van der Waals surface area contributed by atoms with Crippen molar-refractivity contribution in [3.8, 4) is 0 Å². The summed E-state index contributed by atoms with van der Waals surface area (Å²) < 4.78 is 10.6. The Kier molecular flexibility index (Phi) is 12.3. The van der Waals surface area contributed by atoms with Crippen molar-refractivity contribution in [2.24, 2.45) is 4.99 Å². The van der Waals surface area contributed by atoms with Gasteiger partial charge in [0.25, 0.3) is 0 Å². The van der Waals surface area contributed by atoms with Crippen LogP contribution in [0.2, 0.25) is 0 Å². The Hall–Kier alpha value is -1.56. The summed E-state index contributed by atoms with van der Waals surface area (Å²) in [4.78, 5) is 21.7. The number of nitrogens with zero attached hydrogens (tertiary/aromatic N) is 4. The van der Waals surface area contributed by atoms with Gasteiger partial charge in [0.05, 0.1) is 18.3 Å². The SMILES string of the molecule is CCCC(CN=C(NCC)N1CCN(Cc2cc(C)on2)CC1)NC(=O)OC(C)(C)C.I. The number of piperazine rings is 1. The molecule has 2 rings (SSSR count). The minimum absolute atomic E-state index is 0. The Labute approximate surface area is 209 Å². The van der Waals surface area contributed by atoms with Crippen LogP contribution in [0.1, 0.15) is 58.9 Å². The minimum Gasteiger partial charge on any atom is -0.444 e. The van der Waals surface area contributed by atoms with Crippen LogP contribution < -0.4 is 10.6 Å². The molecule has 1 aliphatic rings. The van der Waals surface area contributed by atoms with Gasteiger partial charge in [0, 0.05) is 45.3 Å². The van der Waals surface area contributed by atoms with Crippen molar-refractivity contribution in [1.29, 1.82) is 0 Å². The Morgan fingerprint density at radius 3 is 2.50 bits per heavy atom. The molecule has 1 unspecified atom stereocenters. The van der Waals surface area contributed by atoms with Gasteiger partial charge in [-0.3, -0.25) is 9.89 Å². The highest BCUT2D eigenvalue weighted by atomic mass is 127. The predicted octanol–water partition coefficient (Wildman–Crippen LogP) is 3.38. The van der Waals surface area contributed by atoms with E-state index in [2.05, 4.69) is 39.4 Å². The predicted molar refractivity (Wildman–Crippen MR) is 138 cm³/mol. The van der Waals surface area contributed by atoms with Gasteiger partial charge in [-0.15, -0.1) is 24.0 Å². The Balaban J connectivity index is 0.00000512. The van der Waals surface area contributed by atoms with Crippen molar-refractivity contribution in [3.05, 3.63) is 17.5 Å².